The van der Waals surface area contributed by atoms with Crippen molar-refractivity contribution in [2.75, 3.05) is 27.2 Å². The Morgan fingerprint density at radius 3 is 2.81 bits per heavy atom. The van der Waals surface area contributed by atoms with Gasteiger partial charge in [0.15, 0.2) is 0 Å². The first-order valence-electron chi connectivity index (χ1n) is 6.95. The Morgan fingerprint density at radius 2 is 2.24 bits per heavy atom. The quantitative estimate of drug-likeness (QED) is 0.802. The van der Waals surface area contributed by atoms with Gasteiger partial charge in [-0.25, -0.2) is 13.1 Å². The maximum atomic E-state index is 12.3. The minimum Gasteiger partial charge on any atom is -0.496 e. The molecule has 0 spiro atoms. The van der Waals surface area contributed by atoms with Crippen molar-refractivity contribution in [1.29, 1.82) is 0 Å². The highest BCUT2D eigenvalue weighted by molar-refractivity contribution is 7.89. The second-order valence-electron chi connectivity index (χ2n) is 5.26. The van der Waals surface area contributed by atoms with Gasteiger partial charge in [-0.3, -0.25) is 0 Å². The minimum absolute atomic E-state index is 0.146. The van der Waals surface area contributed by atoms with E-state index in [2.05, 4.69) is 9.62 Å². The zero-order valence-electron chi connectivity index (χ0n) is 12.4. The van der Waals surface area contributed by atoms with Gasteiger partial charge in [-0.1, -0.05) is 0 Å². The third kappa shape index (κ3) is 3.74. The van der Waals surface area contributed by atoms with Crippen molar-refractivity contribution >= 4 is 10.0 Å². The highest BCUT2D eigenvalue weighted by Gasteiger charge is 2.23. The van der Waals surface area contributed by atoms with E-state index in [4.69, 9.17) is 4.74 Å². The topological polar surface area (TPSA) is 78.9 Å². The molecule has 7 heteroatoms. The Morgan fingerprint density at radius 1 is 1.48 bits per heavy atom. The molecule has 1 heterocycles. The van der Waals surface area contributed by atoms with Gasteiger partial charge in [-0.2, -0.15) is 0 Å². The lowest BCUT2D eigenvalue weighted by Crippen LogP contribution is -2.38. The SMILES string of the molecule is COc1ccc(S(=O)(=O)NCC2CCCN2C)cc1CO. The normalized spacial score (nSPS) is 19.9. The van der Waals surface area contributed by atoms with Crippen molar-refractivity contribution in [1.82, 2.24) is 9.62 Å². The van der Waals surface area contributed by atoms with Crippen molar-refractivity contribution in [2.24, 2.45) is 0 Å². The molecule has 118 valence electrons. The standard InChI is InChI=1S/C14H22N2O4S/c1-16-7-3-4-12(16)9-15-21(18,19)13-5-6-14(20-2)11(8-13)10-17/h5-6,8,12,15,17H,3-4,7,9-10H2,1-2H3. The molecule has 0 aliphatic carbocycles. The molecule has 1 aliphatic heterocycles. The summed E-state index contributed by atoms with van der Waals surface area (Å²) in [4.78, 5) is 2.31. The summed E-state index contributed by atoms with van der Waals surface area (Å²) in [7, 11) is -0.0859. The van der Waals surface area contributed by atoms with Gasteiger partial charge < -0.3 is 14.7 Å². The van der Waals surface area contributed by atoms with Gasteiger partial charge in [0.1, 0.15) is 5.75 Å². The van der Waals surface area contributed by atoms with Crippen molar-refractivity contribution in [3.8, 4) is 5.75 Å². The lowest BCUT2D eigenvalue weighted by Gasteiger charge is -2.19. The van der Waals surface area contributed by atoms with Crippen molar-refractivity contribution in [3.05, 3.63) is 23.8 Å². The number of nitrogens with zero attached hydrogens (tertiary/aromatic N) is 1. The second-order valence-corrected chi connectivity index (χ2v) is 7.03. The van der Waals surface area contributed by atoms with Crippen LogP contribution in [0.15, 0.2) is 23.1 Å². The summed E-state index contributed by atoms with van der Waals surface area (Å²) in [5.74, 6) is 0.479. The molecule has 1 unspecified atom stereocenters. The number of methoxy groups -OCH3 is 1. The van der Waals surface area contributed by atoms with Gasteiger partial charge >= 0.3 is 0 Å². The molecule has 1 aromatic carbocycles. The Kier molecular flexibility index (Phi) is 5.21. The van der Waals surface area contributed by atoms with Gasteiger partial charge in [-0.05, 0) is 44.6 Å². The number of benzene rings is 1. The average Bonchev–Trinajstić information content (AvgIpc) is 2.89. The molecule has 0 bridgehead atoms. The van der Waals surface area contributed by atoms with E-state index >= 15 is 0 Å². The van der Waals surface area contributed by atoms with E-state index in [9.17, 15) is 13.5 Å². The van der Waals surface area contributed by atoms with E-state index in [1.165, 1.54) is 19.2 Å². The molecule has 2 rings (SSSR count). The number of likely N-dealkylation sites (tertiary alicyclic amines) is 1. The van der Waals surface area contributed by atoms with Gasteiger partial charge in [0, 0.05) is 18.2 Å². The van der Waals surface area contributed by atoms with Crippen LogP contribution < -0.4 is 9.46 Å². The third-order valence-electron chi connectivity index (χ3n) is 3.91. The molecular weight excluding hydrogens is 292 g/mol. The van der Waals surface area contributed by atoms with E-state index in [1.807, 2.05) is 7.05 Å². The molecule has 1 atom stereocenters. The number of aliphatic hydroxyl groups is 1. The Bertz CT molecular complexity index is 589. The van der Waals surface area contributed by atoms with Crippen LogP contribution in [0.4, 0.5) is 0 Å². The monoisotopic (exact) mass is 314 g/mol. The lowest BCUT2D eigenvalue weighted by atomic mass is 10.2. The fraction of sp³-hybridized carbons (Fsp3) is 0.571. The van der Waals surface area contributed by atoms with Gasteiger partial charge in [0.2, 0.25) is 10.0 Å². The highest BCUT2D eigenvalue weighted by Crippen LogP contribution is 2.22. The Balaban J connectivity index is 2.11. The second kappa shape index (κ2) is 6.74. The number of ether oxygens (including phenoxy) is 1. The van der Waals surface area contributed by atoms with Crippen LogP contribution in [0.3, 0.4) is 0 Å². The molecular formula is C14H22N2O4S. The van der Waals surface area contributed by atoms with Crippen LogP contribution in [-0.4, -0.2) is 51.7 Å². The van der Waals surface area contributed by atoms with E-state index in [0.717, 1.165) is 19.4 Å². The highest BCUT2D eigenvalue weighted by atomic mass is 32.2. The summed E-state index contributed by atoms with van der Waals surface area (Å²) in [6.45, 7) is 1.14. The summed E-state index contributed by atoms with van der Waals surface area (Å²) in [5.41, 5.74) is 0.457. The number of hydrogen-bond donors (Lipinski definition) is 2. The fourth-order valence-electron chi connectivity index (χ4n) is 2.57. The predicted molar refractivity (Wildman–Crippen MR) is 79.8 cm³/mol. The zero-order chi connectivity index (χ0) is 15.5. The number of sulfonamides is 1. The molecule has 6 nitrogen and oxygen atoms in total. The van der Waals surface area contributed by atoms with Crippen molar-refractivity contribution in [3.63, 3.8) is 0 Å². The molecule has 1 fully saturated rings. The number of nitrogens with one attached hydrogen (secondary N) is 1. The molecule has 0 amide bonds. The van der Waals surface area contributed by atoms with Crippen LogP contribution in [-0.2, 0) is 16.6 Å². The van der Waals surface area contributed by atoms with Crippen LogP contribution >= 0.6 is 0 Å². The van der Waals surface area contributed by atoms with Crippen LogP contribution in [0.5, 0.6) is 5.75 Å². The summed E-state index contributed by atoms with van der Waals surface area (Å²) < 4.78 is 32.3. The van der Waals surface area contributed by atoms with Crippen molar-refractivity contribution < 1.29 is 18.3 Å². The number of rotatable bonds is 6. The molecule has 21 heavy (non-hydrogen) atoms. The van der Waals surface area contributed by atoms with E-state index in [1.54, 1.807) is 6.07 Å². The lowest BCUT2D eigenvalue weighted by molar-refractivity contribution is 0.273. The van der Waals surface area contributed by atoms with Gasteiger partial charge in [0.05, 0.1) is 18.6 Å². The van der Waals surface area contributed by atoms with Crippen molar-refractivity contribution in [2.45, 2.75) is 30.4 Å². The number of aliphatic hydroxyl groups excluding tert-OH is 1. The Hall–Kier alpha value is -1.15. The predicted octanol–water partition coefficient (Wildman–Crippen LogP) is 0.560. The number of likely N-dealkylation sites (N-methyl/N-ethyl adjacent to an activating group) is 1. The molecule has 1 aliphatic rings. The first kappa shape index (κ1) is 16.2. The average molecular weight is 314 g/mol. The molecule has 0 radical (unpaired) electrons. The smallest absolute Gasteiger partial charge is 0.240 e. The molecule has 1 aromatic rings. The van der Waals surface area contributed by atoms with Crippen LogP contribution in [0.2, 0.25) is 0 Å². The van der Waals surface area contributed by atoms with Crippen LogP contribution in [0.1, 0.15) is 18.4 Å². The van der Waals surface area contributed by atoms with E-state index < -0.39 is 10.0 Å². The summed E-state index contributed by atoms with van der Waals surface area (Å²) >= 11 is 0. The maximum absolute atomic E-state index is 12.3. The van der Waals surface area contributed by atoms with Crippen LogP contribution in [0.25, 0.3) is 0 Å². The fourth-order valence-corrected chi connectivity index (χ4v) is 3.70. The number of hydrogen-bond acceptors (Lipinski definition) is 5. The summed E-state index contributed by atoms with van der Waals surface area (Å²) in [6.07, 6.45) is 2.10. The van der Waals surface area contributed by atoms with Gasteiger partial charge in [-0.15, -0.1) is 0 Å². The Labute approximate surface area is 125 Å². The maximum Gasteiger partial charge on any atom is 0.240 e. The largest absolute Gasteiger partial charge is 0.496 e. The molecule has 1 saturated heterocycles. The minimum atomic E-state index is -3.57. The molecule has 0 aromatic heterocycles. The zero-order valence-corrected chi connectivity index (χ0v) is 13.2. The molecule has 2 N–H and O–H groups in total. The third-order valence-corrected chi connectivity index (χ3v) is 5.33. The van der Waals surface area contributed by atoms with E-state index in [-0.39, 0.29) is 17.5 Å². The summed E-state index contributed by atoms with van der Waals surface area (Å²) in [5, 5.41) is 9.28. The van der Waals surface area contributed by atoms with E-state index in [0.29, 0.717) is 17.9 Å². The molecule has 0 saturated carbocycles. The summed E-state index contributed by atoms with van der Waals surface area (Å²) in [6, 6.07) is 4.73. The first-order valence-corrected chi connectivity index (χ1v) is 8.44. The van der Waals surface area contributed by atoms with Gasteiger partial charge in [0.25, 0.3) is 0 Å². The first-order chi connectivity index (χ1) is 9.97. The van der Waals surface area contributed by atoms with Crippen LogP contribution in [0, 0.1) is 0 Å².